The Morgan fingerprint density at radius 2 is 1.97 bits per heavy atom. The molecule has 168 valence electrons. The molecule has 3 rings (SSSR count). The zero-order valence-electron chi connectivity index (χ0n) is 16.4. The molecule has 2 N–H and O–H groups in total. The normalized spacial score (nSPS) is 12.1. The predicted octanol–water partition coefficient (Wildman–Crippen LogP) is 3.80. The average Bonchev–Trinajstić information content (AvgIpc) is 3.25. The Bertz CT molecular complexity index is 1270. The van der Waals surface area contributed by atoms with Crippen molar-refractivity contribution in [1.82, 2.24) is 9.78 Å². The molecule has 12 heteroatoms. The Morgan fingerprint density at radius 3 is 2.56 bits per heavy atom. The predicted molar refractivity (Wildman–Crippen MR) is 109 cm³/mol. The lowest BCUT2D eigenvalue weighted by Gasteiger charge is -2.17. The molecule has 0 unspecified atom stereocenters. The molecular formula is C20H16F3N3O5S. The molecule has 0 radical (unpaired) electrons. The van der Waals surface area contributed by atoms with E-state index in [2.05, 4.69) is 9.82 Å². The molecular weight excluding hydrogens is 451 g/mol. The summed E-state index contributed by atoms with van der Waals surface area (Å²) in [6.45, 7) is 0. The molecule has 0 bridgehead atoms. The fourth-order valence-electron chi connectivity index (χ4n) is 2.78. The topological polar surface area (TPSA) is 111 Å². The van der Waals surface area contributed by atoms with Crippen LogP contribution in [0.5, 0.6) is 5.75 Å². The van der Waals surface area contributed by atoms with Gasteiger partial charge in [0.05, 0.1) is 24.0 Å². The lowest BCUT2D eigenvalue weighted by atomic mass is 10.1. The van der Waals surface area contributed by atoms with Crippen LogP contribution in [0.1, 0.15) is 11.1 Å². The number of carboxylic acid groups (broad SMARTS) is 1. The number of hydrogen-bond acceptors (Lipinski definition) is 5. The Morgan fingerprint density at radius 1 is 1.22 bits per heavy atom. The minimum Gasteiger partial charge on any atom is -0.495 e. The van der Waals surface area contributed by atoms with Gasteiger partial charge in [-0.05, 0) is 48.0 Å². The minimum absolute atomic E-state index is 0.0625. The van der Waals surface area contributed by atoms with E-state index in [1.54, 1.807) is 0 Å². The maximum absolute atomic E-state index is 13.2. The summed E-state index contributed by atoms with van der Waals surface area (Å²) in [5.74, 6) is -1.33. The van der Waals surface area contributed by atoms with Gasteiger partial charge in [0, 0.05) is 18.5 Å². The quantitative estimate of drug-likeness (QED) is 0.512. The highest BCUT2D eigenvalue weighted by molar-refractivity contribution is 7.92. The van der Waals surface area contributed by atoms with Crippen molar-refractivity contribution in [2.75, 3.05) is 11.8 Å². The summed E-state index contributed by atoms with van der Waals surface area (Å²) < 4.78 is 74.4. The number of halogens is 3. The molecule has 0 saturated carbocycles. The van der Waals surface area contributed by atoms with E-state index < -0.39 is 32.6 Å². The smallest absolute Gasteiger partial charge is 0.416 e. The summed E-state index contributed by atoms with van der Waals surface area (Å²) in [6, 6.07) is 7.96. The van der Waals surface area contributed by atoms with Crippen molar-refractivity contribution in [3.05, 3.63) is 72.1 Å². The van der Waals surface area contributed by atoms with E-state index in [4.69, 9.17) is 9.84 Å². The number of nitrogens with zero attached hydrogens (tertiary/aromatic N) is 2. The highest BCUT2D eigenvalue weighted by Gasteiger charge is 2.32. The van der Waals surface area contributed by atoms with Gasteiger partial charge in [-0.1, -0.05) is 6.07 Å². The summed E-state index contributed by atoms with van der Waals surface area (Å²) in [6.07, 6.45) is 0.103. The number of sulfonamides is 1. The Balaban J connectivity index is 2.11. The van der Waals surface area contributed by atoms with Crippen LogP contribution in [-0.4, -0.2) is 36.4 Å². The summed E-state index contributed by atoms with van der Waals surface area (Å²) in [5, 5.41) is 12.7. The maximum Gasteiger partial charge on any atom is 0.416 e. The second-order valence-corrected chi connectivity index (χ2v) is 8.02. The van der Waals surface area contributed by atoms with Crippen molar-refractivity contribution >= 4 is 27.8 Å². The molecule has 0 aliphatic heterocycles. The molecule has 0 saturated heterocycles. The molecule has 0 amide bonds. The number of nitrogens with one attached hydrogen (secondary N) is 1. The van der Waals surface area contributed by atoms with Gasteiger partial charge in [0.2, 0.25) is 0 Å². The fourth-order valence-corrected chi connectivity index (χ4v) is 4.05. The van der Waals surface area contributed by atoms with E-state index in [1.807, 2.05) is 0 Å². The monoisotopic (exact) mass is 467 g/mol. The van der Waals surface area contributed by atoms with Gasteiger partial charge in [-0.15, -0.1) is 0 Å². The zero-order chi connectivity index (χ0) is 23.5. The summed E-state index contributed by atoms with van der Waals surface area (Å²) in [5.41, 5.74) is -1.13. The maximum atomic E-state index is 13.2. The zero-order valence-corrected chi connectivity index (χ0v) is 17.2. The first kappa shape index (κ1) is 22.9. The van der Waals surface area contributed by atoms with Crippen LogP contribution in [0.25, 0.3) is 11.8 Å². The van der Waals surface area contributed by atoms with Gasteiger partial charge in [0.25, 0.3) is 10.0 Å². The van der Waals surface area contributed by atoms with Gasteiger partial charge in [-0.3, -0.25) is 4.72 Å². The van der Waals surface area contributed by atoms with E-state index in [-0.39, 0.29) is 22.7 Å². The Hall–Kier alpha value is -3.80. The van der Waals surface area contributed by atoms with Gasteiger partial charge in [0.15, 0.2) is 0 Å². The summed E-state index contributed by atoms with van der Waals surface area (Å²) in [7, 11) is -3.23. The number of aliphatic carboxylic acids is 1. The van der Waals surface area contributed by atoms with Gasteiger partial charge in [-0.25, -0.2) is 17.9 Å². The Labute approximate surface area is 180 Å². The number of benzene rings is 2. The number of hydrogen-bond donors (Lipinski definition) is 2. The van der Waals surface area contributed by atoms with Crippen LogP contribution in [0, 0.1) is 0 Å². The largest absolute Gasteiger partial charge is 0.495 e. The summed E-state index contributed by atoms with van der Waals surface area (Å²) in [4.78, 5) is 10.3. The van der Waals surface area contributed by atoms with Crippen molar-refractivity contribution in [2.24, 2.45) is 0 Å². The highest BCUT2D eigenvalue weighted by Crippen LogP contribution is 2.35. The number of alkyl halides is 3. The third-order valence-electron chi connectivity index (χ3n) is 4.21. The molecule has 8 nitrogen and oxygen atoms in total. The van der Waals surface area contributed by atoms with Gasteiger partial charge >= 0.3 is 12.1 Å². The van der Waals surface area contributed by atoms with E-state index >= 15 is 0 Å². The first-order valence-electron chi connectivity index (χ1n) is 8.84. The van der Waals surface area contributed by atoms with Crippen molar-refractivity contribution in [3.63, 3.8) is 0 Å². The fraction of sp³-hybridized carbons (Fsp3) is 0.100. The lowest BCUT2D eigenvalue weighted by Crippen LogP contribution is -2.17. The molecule has 0 aliphatic rings. The van der Waals surface area contributed by atoms with Crippen molar-refractivity contribution < 1.29 is 36.2 Å². The van der Waals surface area contributed by atoms with Crippen molar-refractivity contribution in [2.45, 2.75) is 11.1 Å². The summed E-state index contributed by atoms with van der Waals surface area (Å²) >= 11 is 0. The van der Waals surface area contributed by atoms with E-state index in [1.165, 1.54) is 48.5 Å². The Kier molecular flexibility index (Phi) is 6.25. The molecule has 1 aromatic heterocycles. The number of methoxy groups -OCH3 is 1. The third kappa shape index (κ3) is 5.09. The van der Waals surface area contributed by atoms with E-state index in [0.717, 1.165) is 24.3 Å². The highest BCUT2D eigenvalue weighted by atomic mass is 32.2. The van der Waals surface area contributed by atoms with Gasteiger partial charge in [0.1, 0.15) is 10.6 Å². The molecule has 0 spiro atoms. The first-order valence-corrected chi connectivity index (χ1v) is 10.3. The van der Waals surface area contributed by atoms with E-state index in [9.17, 15) is 26.4 Å². The molecule has 1 heterocycles. The minimum atomic E-state index is -4.71. The second kappa shape index (κ2) is 8.75. The van der Waals surface area contributed by atoms with E-state index in [0.29, 0.717) is 6.07 Å². The SMILES string of the molecule is COc1ccc(C=CC(=O)O)cc1S(=O)(=O)Nc1cc(C(F)(F)F)ccc1-n1cccn1. The number of ether oxygens (including phenoxy) is 1. The van der Waals surface area contributed by atoms with Gasteiger partial charge < -0.3 is 9.84 Å². The number of anilines is 1. The van der Waals surface area contributed by atoms with Gasteiger partial charge in [-0.2, -0.15) is 18.3 Å². The van der Waals surface area contributed by atoms with Crippen LogP contribution in [0.4, 0.5) is 18.9 Å². The number of carbonyl (C=O) groups is 1. The van der Waals surface area contributed by atoms with Crippen LogP contribution < -0.4 is 9.46 Å². The third-order valence-corrected chi connectivity index (χ3v) is 5.60. The molecule has 0 fully saturated rings. The van der Waals surface area contributed by atoms with Crippen LogP contribution in [-0.2, 0) is 21.0 Å². The lowest BCUT2D eigenvalue weighted by molar-refractivity contribution is -0.137. The standard InChI is InChI=1S/C20H16F3N3O5S/c1-31-17-7-3-13(4-8-19(27)28)11-18(17)32(29,30)25-15-12-14(20(21,22)23)5-6-16(15)26-10-2-9-24-26/h2-12,25H,1H3,(H,27,28). The molecule has 0 aliphatic carbocycles. The second-order valence-electron chi connectivity index (χ2n) is 6.37. The molecule has 32 heavy (non-hydrogen) atoms. The molecule has 2 aromatic carbocycles. The average molecular weight is 467 g/mol. The number of aromatic nitrogens is 2. The van der Waals surface area contributed by atoms with Crippen LogP contribution in [0.2, 0.25) is 0 Å². The number of carboxylic acids is 1. The van der Waals surface area contributed by atoms with Crippen molar-refractivity contribution in [1.29, 1.82) is 0 Å². The molecule has 0 atom stereocenters. The molecule has 3 aromatic rings. The van der Waals surface area contributed by atoms with Crippen LogP contribution >= 0.6 is 0 Å². The van der Waals surface area contributed by atoms with Crippen molar-refractivity contribution in [3.8, 4) is 11.4 Å². The van der Waals surface area contributed by atoms with Crippen LogP contribution in [0.15, 0.2) is 65.8 Å². The first-order chi connectivity index (χ1) is 15.0. The number of rotatable bonds is 7. The van der Waals surface area contributed by atoms with Crippen LogP contribution in [0.3, 0.4) is 0 Å².